The van der Waals surface area contributed by atoms with Crippen LogP contribution in [-0.2, 0) is 14.2 Å². The molecule has 21 heavy (non-hydrogen) atoms. The van der Waals surface area contributed by atoms with Crippen LogP contribution in [0.1, 0.15) is 54.4 Å². The van der Waals surface area contributed by atoms with E-state index in [1.165, 1.54) is 0 Å². The maximum atomic E-state index is 12.1. The molecule has 1 aliphatic rings. The number of carbonyl (C=O) groups is 1. The van der Waals surface area contributed by atoms with Crippen LogP contribution >= 0.6 is 0 Å². The first-order chi connectivity index (χ1) is 9.61. The third-order valence-corrected chi connectivity index (χ3v) is 3.30. The Balaban J connectivity index is 2.44. The van der Waals surface area contributed by atoms with Crippen LogP contribution in [0.2, 0.25) is 0 Å². The minimum atomic E-state index is -0.461. The summed E-state index contributed by atoms with van der Waals surface area (Å²) in [5.41, 5.74) is -0.771. The van der Waals surface area contributed by atoms with E-state index in [9.17, 15) is 4.79 Å². The van der Waals surface area contributed by atoms with Crippen LogP contribution in [0, 0.1) is 0 Å². The van der Waals surface area contributed by atoms with Crippen molar-refractivity contribution < 1.29 is 19.0 Å². The van der Waals surface area contributed by atoms with Gasteiger partial charge in [-0.25, -0.2) is 4.79 Å². The van der Waals surface area contributed by atoms with Gasteiger partial charge in [0.05, 0.1) is 31.5 Å². The lowest BCUT2D eigenvalue weighted by molar-refractivity contribution is -0.0977. The number of piperidine rings is 1. The first kappa shape index (κ1) is 18.2. The molecule has 0 bridgehead atoms. The molecule has 5 heteroatoms. The van der Waals surface area contributed by atoms with E-state index in [2.05, 4.69) is 6.92 Å². The molecule has 0 saturated carbocycles. The molecule has 0 radical (unpaired) electrons. The Bertz CT molecular complexity index is 338. The van der Waals surface area contributed by atoms with Gasteiger partial charge in [0, 0.05) is 6.54 Å². The van der Waals surface area contributed by atoms with Gasteiger partial charge in [-0.15, -0.1) is 0 Å². The lowest BCUT2D eigenvalue weighted by Crippen LogP contribution is -2.51. The topological polar surface area (TPSA) is 48.0 Å². The first-order valence-electron chi connectivity index (χ1n) is 7.85. The molecule has 0 aromatic heterocycles. The van der Waals surface area contributed by atoms with E-state index in [0.29, 0.717) is 19.8 Å². The molecule has 1 aliphatic heterocycles. The number of nitrogens with zero attached hydrogens (tertiary/aromatic N) is 1. The molecular weight excluding hydrogens is 270 g/mol. The number of amides is 1. The molecule has 0 aromatic rings. The monoisotopic (exact) mass is 301 g/mol. The zero-order valence-corrected chi connectivity index (χ0v) is 14.4. The van der Waals surface area contributed by atoms with Crippen molar-refractivity contribution in [2.45, 2.75) is 71.7 Å². The van der Waals surface area contributed by atoms with Crippen molar-refractivity contribution in [1.82, 2.24) is 4.90 Å². The average molecular weight is 301 g/mol. The summed E-state index contributed by atoms with van der Waals surface area (Å²) < 4.78 is 16.9. The molecule has 0 spiro atoms. The smallest absolute Gasteiger partial charge is 0.410 e. The molecule has 1 rings (SSSR count). The van der Waals surface area contributed by atoms with Gasteiger partial charge in [0.15, 0.2) is 0 Å². The molecule has 0 aromatic carbocycles. The van der Waals surface area contributed by atoms with E-state index >= 15 is 0 Å². The van der Waals surface area contributed by atoms with Gasteiger partial charge in [-0.1, -0.05) is 0 Å². The van der Waals surface area contributed by atoms with E-state index in [1.54, 1.807) is 4.90 Å². The Labute approximate surface area is 128 Å². The van der Waals surface area contributed by atoms with Gasteiger partial charge in [0.1, 0.15) is 5.60 Å². The molecular formula is C16H31NO4. The summed E-state index contributed by atoms with van der Waals surface area (Å²) in [4.78, 5) is 13.9. The van der Waals surface area contributed by atoms with Crippen LogP contribution in [0.25, 0.3) is 0 Å². The third kappa shape index (κ3) is 7.14. The van der Waals surface area contributed by atoms with E-state index in [4.69, 9.17) is 14.2 Å². The van der Waals surface area contributed by atoms with E-state index in [0.717, 1.165) is 19.4 Å². The summed E-state index contributed by atoms with van der Waals surface area (Å²) >= 11 is 0. The normalized spacial score (nSPS) is 23.5. The van der Waals surface area contributed by atoms with Gasteiger partial charge < -0.3 is 19.1 Å². The highest BCUT2D eigenvalue weighted by Gasteiger charge is 2.35. The molecule has 0 N–H and O–H groups in total. The van der Waals surface area contributed by atoms with Crippen LogP contribution in [0.4, 0.5) is 4.79 Å². The van der Waals surface area contributed by atoms with Gasteiger partial charge in [0.25, 0.3) is 0 Å². The average Bonchev–Trinajstić information content (AvgIpc) is 2.32. The van der Waals surface area contributed by atoms with Gasteiger partial charge in [-0.3, -0.25) is 0 Å². The molecule has 1 fully saturated rings. The fourth-order valence-electron chi connectivity index (χ4n) is 2.38. The molecule has 0 aliphatic carbocycles. The lowest BCUT2D eigenvalue weighted by Gasteiger charge is -2.40. The largest absolute Gasteiger partial charge is 0.444 e. The number of hydrogen-bond donors (Lipinski definition) is 0. The lowest BCUT2D eigenvalue weighted by atomic mass is 9.95. The minimum absolute atomic E-state index is 0.214. The van der Waals surface area contributed by atoms with Crippen molar-refractivity contribution >= 4 is 6.09 Å². The SMILES string of the molecule is CC(C)OCCOC1(C)CCCN(C(=O)OC(C)(C)C)C1. The summed E-state index contributed by atoms with van der Waals surface area (Å²) in [6.07, 6.45) is 1.84. The van der Waals surface area contributed by atoms with E-state index in [-0.39, 0.29) is 17.8 Å². The van der Waals surface area contributed by atoms with E-state index < -0.39 is 5.60 Å². The highest BCUT2D eigenvalue weighted by molar-refractivity contribution is 5.68. The Morgan fingerprint density at radius 2 is 1.95 bits per heavy atom. The second-order valence-corrected chi connectivity index (χ2v) is 7.22. The molecule has 1 amide bonds. The van der Waals surface area contributed by atoms with Crippen LogP contribution < -0.4 is 0 Å². The predicted molar refractivity (Wildman–Crippen MR) is 82.5 cm³/mol. The second kappa shape index (κ2) is 7.45. The van der Waals surface area contributed by atoms with Crippen LogP contribution in [0.15, 0.2) is 0 Å². The highest BCUT2D eigenvalue weighted by Crippen LogP contribution is 2.26. The Hall–Kier alpha value is -0.810. The fraction of sp³-hybridized carbons (Fsp3) is 0.938. The van der Waals surface area contributed by atoms with Crippen molar-refractivity contribution in [1.29, 1.82) is 0 Å². The zero-order chi connectivity index (χ0) is 16.1. The fourth-order valence-corrected chi connectivity index (χ4v) is 2.38. The standard InChI is InChI=1S/C16H31NO4/c1-13(2)19-10-11-20-16(6)8-7-9-17(12-16)14(18)21-15(3,4)5/h13H,7-12H2,1-6H3. The molecule has 1 atom stereocenters. The minimum Gasteiger partial charge on any atom is -0.444 e. The van der Waals surface area contributed by atoms with Crippen molar-refractivity contribution in [2.24, 2.45) is 0 Å². The summed E-state index contributed by atoms with van der Waals surface area (Å²) in [5.74, 6) is 0. The molecule has 1 unspecified atom stereocenters. The Morgan fingerprint density at radius 3 is 2.52 bits per heavy atom. The molecule has 5 nitrogen and oxygen atoms in total. The summed E-state index contributed by atoms with van der Waals surface area (Å²) in [5, 5.41) is 0. The van der Waals surface area contributed by atoms with Crippen molar-refractivity contribution in [3.05, 3.63) is 0 Å². The van der Waals surface area contributed by atoms with Gasteiger partial charge in [-0.2, -0.15) is 0 Å². The first-order valence-corrected chi connectivity index (χ1v) is 7.85. The maximum absolute atomic E-state index is 12.1. The van der Waals surface area contributed by atoms with Gasteiger partial charge in [0.2, 0.25) is 0 Å². The molecule has 1 saturated heterocycles. The quantitative estimate of drug-likeness (QED) is 0.732. The zero-order valence-electron chi connectivity index (χ0n) is 14.4. The summed E-state index contributed by atoms with van der Waals surface area (Å²) in [7, 11) is 0. The molecule has 1 heterocycles. The number of likely N-dealkylation sites (tertiary alicyclic amines) is 1. The highest BCUT2D eigenvalue weighted by atomic mass is 16.6. The second-order valence-electron chi connectivity index (χ2n) is 7.22. The summed E-state index contributed by atoms with van der Waals surface area (Å²) in [6, 6.07) is 0. The van der Waals surface area contributed by atoms with Crippen molar-refractivity contribution in [3.8, 4) is 0 Å². The summed E-state index contributed by atoms with van der Waals surface area (Å²) in [6.45, 7) is 14.2. The number of ether oxygens (including phenoxy) is 3. The molecule has 124 valence electrons. The van der Waals surface area contributed by atoms with Crippen molar-refractivity contribution in [2.75, 3.05) is 26.3 Å². The predicted octanol–water partition coefficient (Wildman–Crippen LogP) is 3.22. The number of hydrogen-bond acceptors (Lipinski definition) is 4. The Morgan fingerprint density at radius 1 is 1.29 bits per heavy atom. The van der Waals surface area contributed by atoms with Crippen LogP contribution in [0.3, 0.4) is 0 Å². The Kier molecular flexibility index (Phi) is 6.47. The number of rotatable bonds is 5. The van der Waals surface area contributed by atoms with E-state index in [1.807, 2.05) is 34.6 Å². The third-order valence-electron chi connectivity index (χ3n) is 3.30. The van der Waals surface area contributed by atoms with Crippen molar-refractivity contribution in [3.63, 3.8) is 0 Å². The van der Waals surface area contributed by atoms with Gasteiger partial charge >= 0.3 is 6.09 Å². The van der Waals surface area contributed by atoms with Crippen LogP contribution in [0.5, 0.6) is 0 Å². The van der Waals surface area contributed by atoms with Gasteiger partial charge in [-0.05, 0) is 54.4 Å². The van der Waals surface area contributed by atoms with Crippen LogP contribution in [-0.4, -0.2) is 54.6 Å². The maximum Gasteiger partial charge on any atom is 0.410 e. The number of carbonyl (C=O) groups excluding carboxylic acids is 1.